The Labute approximate surface area is 46.5 Å². The maximum Gasteiger partial charge on any atom is 0.255 e. The van der Waals surface area contributed by atoms with Crippen molar-refractivity contribution in [2.45, 2.75) is 12.5 Å². The highest BCUT2D eigenvalue weighted by Gasteiger charge is 2.15. The van der Waals surface area contributed by atoms with Crippen molar-refractivity contribution in [1.82, 2.24) is 5.32 Å². The van der Waals surface area contributed by atoms with E-state index >= 15 is 0 Å². The molecule has 2 N–H and O–H groups in total. The number of nitrogens with one attached hydrogen (secondary N) is 1. The second-order valence-corrected chi connectivity index (χ2v) is 1.41. The summed E-state index contributed by atoms with van der Waals surface area (Å²) < 4.78 is 23.0. The van der Waals surface area contributed by atoms with Gasteiger partial charge in [-0.25, -0.2) is 8.78 Å². The maximum absolute atomic E-state index is 11.5. The van der Waals surface area contributed by atoms with Gasteiger partial charge < -0.3 is 10.4 Å². The molecule has 8 heavy (non-hydrogen) atoms. The lowest BCUT2D eigenvalue weighted by Gasteiger charge is -2.09. The Morgan fingerprint density at radius 1 is 1.62 bits per heavy atom. The average molecular weight is 125 g/mol. The third-order valence-corrected chi connectivity index (χ3v) is 0.872. The van der Waals surface area contributed by atoms with Crippen molar-refractivity contribution in [3.05, 3.63) is 0 Å². The summed E-state index contributed by atoms with van der Waals surface area (Å²) in [4.78, 5) is 0. The first-order valence-corrected chi connectivity index (χ1v) is 2.28. The highest BCUT2D eigenvalue weighted by molar-refractivity contribution is 4.63. The quantitative estimate of drug-likeness (QED) is 0.549. The van der Waals surface area contributed by atoms with Crippen LogP contribution in [0.3, 0.4) is 0 Å². The topological polar surface area (TPSA) is 32.3 Å². The fourth-order valence-electron chi connectivity index (χ4n) is 0.297. The number of likely N-dealkylation sites (N-methyl/N-ethyl adjacent to an activating group) is 1. The number of hydrogen-bond donors (Lipinski definition) is 2. The summed E-state index contributed by atoms with van der Waals surface area (Å²) in [6.07, 6.45) is -2.48. The van der Waals surface area contributed by atoms with Gasteiger partial charge in [-0.2, -0.15) is 0 Å². The molecule has 0 fully saturated rings. The standard InChI is InChI=1S/C4H9F2NO/c1-7-3(2-8)4(5)6/h3-4,7-8H,2H2,1H3. The smallest absolute Gasteiger partial charge is 0.255 e. The number of alkyl halides is 2. The van der Waals surface area contributed by atoms with Crippen LogP contribution in [0.2, 0.25) is 0 Å². The molecule has 0 radical (unpaired) electrons. The van der Waals surface area contributed by atoms with E-state index in [4.69, 9.17) is 5.11 Å². The predicted molar refractivity (Wildman–Crippen MR) is 25.9 cm³/mol. The lowest BCUT2D eigenvalue weighted by molar-refractivity contribution is 0.0693. The van der Waals surface area contributed by atoms with E-state index in [1.165, 1.54) is 7.05 Å². The van der Waals surface area contributed by atoms with Gasteiger partial charge in [0.2, 0.25) is 0 Å². The predicted octanol–water partition coefficient (Wildman–Crippen LogP) is -0.168. The molecule has 0 heterocycles. The Balaban J connectivity index is 3.35. The van der Waals surface area contributed by atoms with E-state index in [9.17, 15) is 8.78 Å². The fraction of sp³-hybridized carbons (Fsp3) is 1.00. The lowest BCUT2D eigenvalue weighted by Crippen LogP contribution is -2.35. The van der Waals surface area contributed by atoms with Crippen molar-refractivity contribution < 1.29 is 13.9 Å². The van der Waals surface area contributed by atoms with Gasteiger partial charge in [0.1, 0.15) is 0 Å². The molecule has 0 rings (SSSR count). The van der Waals surface area contributed by atoms with Crippen LogP contribution < -0.4 is 5.32 Å². The van der Waals surface area contributed by atoms with E-state index in [0.717, 1.165) is 0 Å². The van der Waals surface area contributed by atoms with Crippen molar-refractivity contribution >= 4 is 0 Å². The van der Waals surface area contributed by atoms with E-state index in [1.54, 1.807) is 0 Å². The monoisotopic (exact) mass is 125 g/mol. The molecule has 0 aliphatic carbocycles. The number of hydrogen-bond acceptors (Lipinski definition) is 2. The lowest BCUT2D eigenvalue weighted by atomic mass is 10.3. The van der Waals surface area contributed by atoms with E-state index < -0.39 is 19.1 Å². The van der Waals surface area contributed by atoms with E-state index in [-0.39, 0.29) is 0 Å². The second-order valence-electron chi connectivity index (χ2n) is 1.41. The molecule has 50 valence electrons. The van der Waals surface area contributed by atoms with Crippen LogP contribution in [-0.2, 0) is 0 Å². The first-order valence-electron chi connectivity index (χ1n) is 2.28. The van der Waals surface area contributed by atoms with Gasteiger partial charge in [0.25, 0.3) is 6.43 Å². The summed E-state index contributed by atoms with van der Waals surface area (Å²) in [5.41, 5.74) is 0. The Hall–Kier alpha value is -0.220. The normalized spacial score (nSPS) is 14.6. The molecule has 0 amide bonds. The summed E-state index contributed by atoms with van der Waals surface area (Å²) in [5, 5.41) is 10.4. The van der Waals surface area contributed by atoms with Crippen LogP contribution in [0.4, 0.5) is 8.78 Å². The van der Waals surface area contributed by atoms with Crippen molar-refractivity contribution in [3.8, 4) is 0 Å². The third-order valence-electron chi connectivity index (χ3n) is 0.872. The molecule has 0 bridgehead atoms. The number of aliphatic hydroxyl groups is 1. The molecule has 2 nitrogen and oxygen atoms in total. The highest BCUT2D eigenvalue weighted by atomic mass is 19.3. The highest BCUT2D eigenvalue weighted by Crippen LogP contribution is 1.97. The molecule has 0 spiro atoms. The zero-order valence-corrected chi connectivity index (χ0v) is 4.56. The van der Waals surface area contributed by atoms with Crippen LogP contribution >= 0.6 is 0 Å². The van der Waals surface area contributed by atoms with E-state index in [0.29, 0.717) is 0 Å². The summed E-state index contributed by atoms with van der Waals surface area (Å²) in [7, 11) is 1.38. The van der Waals surface area contributed by atoms with Crippen LogP contribution in [0.5, 0.6) is 0 Å². The molecule has 1 unspecified atom stereocenters. The van der Waals surface area contributed by atoms with Gasteiger partial charge in [-0.3, -0.25) is 0 Å². The minimum absolute atomic E-state index is 0.520. The summed E-state index contributed by atoms with van der Waals surface area (Å²) >= 11 is 0. The van der Waals surface area contributed by atoms with Gasteiger partial charge in [-0.1, -0.05) is 0 Å². The van der Waals surface area contributed by atoms with Gasteiger partial charge >= 0.3 is 0 Å². The molecule has 0 saturated heterocycles. The van der Waals surface area contributed by atoms with Crippen LogP contribution in [-0.4, -0.2) is 31.2 Å². The summed E-state index contributed by atoms with van der Waals surface area (Å²) in [6.45, 7) is -0.520. The Morgan fingerprint density at radius 2 is 2.12 bits per heavy atom. The molecule has 0 aromatic heterocycles. The Morgan fingerprint density at radius 3 is 2.12 bits per heavy atom. The molecular formula is C4H9F2NO. The van der Waals surface area contributed by atoms with E-state index in [1.807, 2.05) is 0 Å². The molecule has 0 aliphatic heterocycles. The van der Waals surface area contributed by atoms with Gasteiger partial charge in [0.15, 0.2) is 0 Å². The fourth-order valence-corrected chi connectivity index (χ4v) is 0.297. The maximum atomic E-state index is 11.5. The van der Waals surface area contributed by atoms with Gasteiger partial charge in [0, 0.05) is 0 Å². The van der Waals surface area contributed by atoms with Gasteiger partial charge in [-0.15, -0.1) is 0 Å². The largest absolute Gasteiger partial charge is 0.395 e. The van der Waals surface area contributed by atoms with Crippen molar-refractivity contribution in [2.24, 2.45) is 0 Å². The molecular weight excluding hydrogens is 116 g/mol. The van der Waals surface area contributed by atoms with Crippen LogP contribution in [0.25, 0.3) is 0 Å². The summed E-state index contributed by atoms with van der Waals surface area (Å²) in [5.74, 6) is 0. The minimum Gasteiger partial charge on any atom is -0.395 e. The first-order chi connectivity index (χ1) is 3.72. The van der Waals surface area contributed by atoms with Gasteiger partial charge in [-0.05, 0) is 7.05 Å². The van der Waals surface area contributed by atoms with Crippen LogP contribution in [0.15, 0.2) is 0 Å². The molecule has 4 heteroatoms. The number of halogens is 2. The molecule has 0 aromatic rings. The average Bonchev–Trinajstić information content (AvgIpc) is 1.69. The van der Waals surface area contributed by atoms with Crippen molar-refractivity contribution in [3.63, 3.8) is 0 Å². The Kier molecular flexibility index (Phi) is 3.64. The molecule has 0 saturated carbocycles. The van der Waals surface area contributed by atoms with Crippen molar-refractivity contribution in [1.29, 1.82) is 0 Å². The molecule has 0 aliphatic rings. The zero-order valence-electron chi connectivity index (χ0n) is 4.56. The van der Waals surface area contributed by atoms with Crippen LogP contribution in [0.1, 0.15) is 0 Å². The third kappa shape index (κ3) is 2.18. The number of aliphatic hydroxyl groups excluding tert-OH is 1. The first kappa shape index (κ1) is 7.78. The minimum atomic E-state index is -2.48. The van der Waals surface area contributed by atoms with E-state index in [2.05, 4.69) is 5.32 Å². The number of rotatable bonds is 3. The van der Waals surface area contributed by atoms with Crippen molar-refractivity contribution in [2.75, 3.05) is 13.7 Å². The zero-order chi connectivity index (χ0) is 6.57. The molecule has 0 aromatic carbocycles. The summed E-state index contributed by atoms with van der Waals surface area (Å²) in [6, 6.07) is -1.07. The second kappa shape index (κ2) is 3.74. The van der Waals surface area contributed by atoms with Gasteiger partial charge in [0.05, 0.1) is 12.6 Å². The van der Waals surface area contributed by atoms with Crippen LogP contribution in [0, 0.1) is 0 Å². The SMILES string of the molecule is CNC(CO)C(F)F. The Bertz CT molecular complexity index is 56.0. The molecule has 1 atom stereocenters.